The molecule has 0 amide bonds. The largest absolute Gasteiger partial charge is 0.460 e. The number of esters is 2. The van der Waals surface area contributed by atoms with E-state index in [-0.39, 0.29) is 64.7 Å². The normalized spacial score (nSPS) is 12.8. The van der Waals surface area contributed by atoms with Crippen LogP contribution in [0.4, 0.5) is 11.4 Å². The zero-order chi connectivity index (χ0) is 58.0. The molecule has 0 aliphatic heterocycles. The van der Waals surface area contributed by atoms with E-state index in [0.717, 1.165) is 22.5 Å². The Morgan fingerprint density at radius 3 is 1.06 bits per heavy atom. The van der Waals surface area contributed by atoms with Crippen LogP contribution in [0.2, 0.25) is 0 Å². The van der Waals surface area contributed by atoms with Gasteiger partial charge in [0.05, 0.1) is 24.2 Å². The smallest absolute Gasteiger partial charge is 0.338 e. The van der Waals surface area contributed by atoms with Crippen LogP contribution in [-0.4, -0.2) is 82.2 Å². The lowest BCUT2D eigenvalue weighted by atomic mass is 10.1. The third-order valence-corrected chi connectivity index (χ3v) is 13.4. The van der Waals surface area contributed by atoms with Crippen molar-refractivity contribution in [1.82, 2.24) is 29.9 Å². The Morgan fingerprint density at radius 1 is 0.450 bits per heavy atom. The molecule has 5 aromatic carbocycles. The Morgan fingerprint density at radius 2 is 0.762 bits per heavy atom. The van der Waals surface area contributed by atoms with Gasteiger partial charge in [0.15, 0.2) is 40.4 Å². The summed E-state index contributed by atoms with van der Waals surface area (Å²) in [4.78, 5) is 67.9. The molecule has 0 aliphatic carbocycles. The van der Waals surface area contributed by atoms with Crippen LogP contribution in [0.15, 0.2) is 138 Å². The average molecular weight is 1320 g/mol. The summed E-state index contributed by atoms with van der Waals surface area (Å²) in [5.41, 5.74) is 4.97. The minimum Gasteiger partial charge on any atom is -0.460 e. The quantitative estimate of drug-likeness (QED) is 0.0667. The molecule has 0 aliphatic rings. The molecular weight excluding hydrogens is 1280 g/mol. The number of hydrogen-bond donors (Lipinski definition) is 0. The van der Waals surface area contributed by atoms with Crippen molar-refractivity contribution < 1.29 is 19.1 Å². The molecule has 2 heterocycles. The van der Waals surface area contributed by atoms with E-state index in [4.69, 9.17) is 149 Å². The van der Waals surface area contributed by atoms with Crippen molar-refractivity contribution in [3.05, 3.63) is 200 Å². The molecule has 7 aromatic rings. The van der Waals surface area contributed by atoms with Crippen LogP contribution in [0.25, 0.3) is 47.1 Å². The monoisotopic (exact) mass is 1310 g/mol. The summed E-state index contributed by atoms with van der Waals surface area (Å²) in [5.74, 6) is -1.90. The van der Waals surface area contributed by atoms with Crippen molar-refractivity contribution in [3.8, 4) is 22.8 Å². The van der Waals surface area contributed by atoms with Gasteiger partial charge in [-0.15, -0.1) is 0 Å². The first-order chi connectivity index (χ1) is 37.7. The maximum atomic E-state index is 13.5. The van der Waals surface area contributed by atoms with E-state index in [0.29, 0.717) is 34.7 Å². The van der Waals surface area contributed by atoms with Crippen LogP contribution >= 0.6 is 139 Å². The molecule has 0 radical (unpaired) electrons. The van der Waals surface area contributed by atoms with Gasteiger partial charge in [-0.2, -0.15) is 0 Å². The van der Waals surface area contributed by atoms with Gasteiger partial charge in [-0.25, -0.2) is 39.5 Å². The minimum absolute atomic E-state index is 0.0662. The molecular formula is C55H40Cl12N8O5. The summed E-state index contributed by atoms with van der Waals surface area (Å²) in [5, 5.41) is 1.04. The van der Waals surface area contributed by atoms with Gasteiger partial charge in [0.25, 0.3) is 0 Å². The average Bonchev–Trinajstić information content (AvgIpc) is 3.59. The number of ether oxygens (including phenoxy) is 2. The van der Waals surface area contributed by atoms with E-state index < -0.39 is 27.1 Å². The first kappa shape index (κ1) is 62.6. The molecule has 2 aromatic heterocycles. The topological polar surface area (TPSA) is 153 Å². The maximum absolute atomic E-state index is 13.5. The molecule has 7 rings (SSSR count). The Kier molecular flexibility index (Phi) is 21.5. The van der Waals surface area contributed by atoms with Crippen LogP contribution in [0.5, 0.6) is 0 Å². The third-order valence-electron chi connectivity index (χ3n) is 11.3. The maximum Gasteiger partial charge on any atom is 0.338 e. The number of halogens is 12. The van der Waals surface area contributed by atoms with E-state index in [1.54, 1.807) is 48.6 Å². The van der Waals surface area contributed by atoms with Crippen molar-refractivity contribution >= 4 is 187 Å². The molecule has 0 N–H and O–H groups in total. The number of hydrogen-bond acceptors (Lipinski definition) is 13. The third kappa shape index (κ3) is 17.8. The molecule has 25 heteroatoms. The van der Waals surface area contributed by atoms with Gasteiger partial charge in [0.2, 0.25) is 15.2 Å². The molecule has 0 atom stereocenters. The van der Waals surface area contributed by atoms with Gasteiger partial charge in [0.1, 0.15) is 13.2 Å². The fourth-order valence-corrected chi connectivity index (χ4v) is 8.12. The molecule has 0 fully saturated rings. The second-order valence-electron chi connectivity index (χ2n) is 17.1. The number of carbonyl (C=O) groups is 2. The number of carbonyl (C=O) groups excluding carboxylic acids is 2. The summed E-state index contributed by atoms with van der Waals surface area (Å²) in [6, 6.07) is 35.2. The lowest BCUT2D eigenvalue weighted by molar-refractivity contribution is 0.0506. The summed E-state index contributed by atoms with van der Waals surface area (Å²) in [6.45, 7) is 1.06. The highest BCUT2D eigenvalue weighted by molar-refractivity contribution is 6.68. The SMILES string of the molecule is CN(CCOC(=O)c1ccc(-c2nc(C(Cl)(Cl)Cl)nc(C(Cl)(Cl)Cl)n2)cc1)c1ccc(/C=C/C=c2\cccc/c(=C\C=C\c3ccc(N(C)CCOC(=O)c4ccc(-c5nc(C(Cl)(Cl)Cl)nc(C(Cl)(Cl)Cl)n5)cc4)cc3)c2=O)cc1. The van der Waals surface area contributed by atoms with Crippen molar-refractivity contribution in [2.45, 2.75) is 15.2 Å². The number of alkyl halides is 12. The molecule has 13 nitrogen and oxygen atoms in total. The van der Waals surface area contributed by atoms with Crippen LogP contribution in [0.1, 0.15) is 55.1 Å². The van der Waals surface area contributed by atoms with Crippen LogP contribution in [0, 0.1) is 0 Å². The van der Waals surface area contributed by atoms with E-state index in [2.05, 4.69) is 29.9 Å². The molecule has 0 saturated carbocycles. The summed E-state index contributed by atoms with van der Waals surface area (Å²) < 4.78 is 3.01. The Bertz CT molecular complexity index is 3300. The van der Waals surface area contributed by atoms with Crippen LogP contribution in [-0.2, 0) is 24.6 Å². The zero-order valence-corrected chi connectivity index (χ0v) is 50.6. The number of anilines is 2. The number of aromatic nitrogens is 6. The summed E-state index contributed by atoms with van der Waals surface area (Å²) >= 11 is 71.9. The fraction of sp³-hybridized carbons (Fsp3) is 0.182. The highest BCUT2D eigenvalue weighted by atomic mass is 35.6. The Balaban J connectivity index is 0.873. The molecule has 0 bridgehead atoms. The van der Waals surface area contributed by atoms with Crippen molar-refractivity contribution in [2.24, 2.45) is 0 Å². The molecule has 414 valence electrons. The Hall–Kier alpha value is -4.97. The van der Waals surface area contributed by atoms with Gasteiger partial charge >= 0.3 is 11.9 Å². The van der Waals surface area contributed by atoms with Crippen LogP contribution in [0.3, 0.4) is 0 Å². The standard InChI is InChI=1S/C55H40Cl12N8O5/c1-74(29-31-79-46(77)39-21-17-37(18-22-39)44-68-48(52(56,57)58)72-49(69-44)53(59,60)61)41-25-13-33(14-26-41)7-5-11-35-9-3-4-10-36(43(35)76)12-6-8-34-15-27-42(28-16-34)75(2)30-32-80-47(78)40-23-19-38(20-24-40)45-70-50(54(62,63)64)73-51(71-45)55(65,66)67/h3-28H,29-32H2,1-2H3/b7-5+,8-6+,35-11+,36-12+. The van der Waals surface area contributed by atoms with E-state index in [9.17, 15) is 14.4 Å². The number of likely N-dealkylation sites (N-methyl/N-ethyl adjacent to an activating group) is 2. The number of rotatable bonds is 16. The van der Waals surface area contributed by atoms with Gasteiger partial charge in [-0.3, -0.25) is 4.79 Å². The molecule has 0 saturated heterocycles. The highest BCUT2D eigenvalue weighted by Crippen LogP contribution is 2.42. The lowest BCUT2D eigenvalue weighted by Crippen LogP contribution is -2.34. The summed E-state index contributed by atoms with van der Waals surface area (Å²) in [6.07, 6.45) is 11.0. The van der Waals surface area contributed by atoms with Gasteiger partial charge < -0.3 is 19.3 Å². The molecule has 0 unspecified atom stereocenters. The van der Waals surface area contributed by atoms with Gasteiger partial charge in [0, 0.05) is 47.0 Å². The highest BCUT2D eigenvalue weighted by Gasteiger charge is 2.35. The first-order valence-corrected chi connectivity index (χ1v) is 27.9. The predicted molar refractivity (Wildman–Crippen MR) is 326 cm³/mol. The summed E-state index contributed by atoms with van der Waals surface area (Å²) in [7, 11) is 3.77. The first-order valence-electron chi connectivity index (χ1n) is 23.4. The van der Waals surface area contributed by atoms with Crippen molar-refractivity contribution in [2.75, 3.05) is 50.2 Å². The molecule has 80 heavy (non-hydrogen) atoms. The Labute approximate surface area is 519 Å². The van der Waals surface area contributed by atoms with Crippen LogP contribution < -0.4 is 25.7 Å². The number of allylic oxidation sites excluding steroid dienone is 2. The minimum atomic E-state index is -2.02. The van der Waals surface area contributed by atoms with Gasteiger partial charge in [-0.05, 0) is 59.7 Å². The zero-order valence-electron chi connectivity index (χ0n) is 41.5. The second kappa shape index (κ2) is 27.4. The van der Waals surface area contributed by atoms with Gasteiger partial charge in [-0.1, -0.05) is 248 Å². The van der Waals surface area contributed by atoms with E-state index in [1.165, 1.54) is 24.3 Å². The number of benzene rings is 4. The number of nitrogens with zero attached hydrogens (tertiary/aromatic N) is 8. The lowest BCUT2D eigenvalue weighted by Gasteiger charge is -2.19. The van der Waals surface area contributed by atoms with Crippen molar-refractivity contribution in [1.29, 1.82) is 0 Å². The fourth-order valence-electron chi connectivity index (χ4n) is 7.11. The second-order valence-corrected chi connectivity index (χ2v) is 26.2. The predicted octanol–water partition coefficient (Wildman–Crippen LogP) is 13.6. The van der Waals surface area contributed by atoms with E-state index in [1.807, 2.05) is 109 Å². The van der Waals surface area contributed by atoms with Crippen molar-refractivity contribution in [3.63, 3.8) is 0 Å². The molecule has 0 spiro atoms. The van der Waals surface area contributed by atoms with E-state index >= 15 is 0 Å².